The quantitative estimate of drug-likeness (QED) is 0.145. The molecule has 166 valence electrons. The molecule has 0 aromatic heterocycles. The number of primary amides is 1. The van der Waals surface area contributed by atoms with E-state index in [1.807, 2.05) is 6.08 Å². The summed E-state index contributed by atoms with van der Waals surface area (Å²) in [5, 5.41) is 0. The lowest BCUT2D eigenvalue weighted by Gasteiger charge is -2.04. The Balaban J connectivity index is 3.09. The summed E-state index contributed by atoms with van der Waals surface area (Å²) < 4.78 is 0. The number of amides is 1. The van der Waals surface area contributed by atoms with Crippen molar-refractivity contribution >= 4 is 5.91 Å². The SMILES string of the molecule is CCCCCCCCCCCCCCCCCCCCCCC=C(C)C(N)=O. The Hall–Kier alpha value is -0.790. The van der Waals surface area contributed by atoms with Crippen LogP contribution in [0.15, 0.2) is 11.6 Å². The van der Waals surface area contributed by atoms with Crippen molar-refractivity contribution < 1.29 is 4.79 Å². The molecule has 0 unspecified atom stereocenters. The Bertz CT molecular complexity index is 361. The number of carbonyl (C=O) groups excluding carboxylic acids is 1. The molecule has 0 aromatic carbocycles. The molecule has 0 aliphatic carbocycles. The van der Waals surface area contributed by atoms with Crippen LogP contribution in [-0.2, 0) is 4.79 Å². The summed E-state index contributed by atoms with van der Waals surface area (Å²) in [4.78, 5) is 10.9. The smallest absolute Gasteiger partial charge is 0.244 e. The standard InChI is InChI=1S/C26H51NO/c1-3-4-5-6-7-8-9-10-11-12-13-14-15-16-17-18-19-20-21-22-23-24-25(2)26(27)28/h24H,3-23H2,1-2H3,(H2,27,28). The average molecular weight is 394 g/mol. The van der Waals surface area contributed by atoms with Gasteiger partial charge in [0.15, 0.2) is 0 Å². The lowest BCUT2D eigenvalue weighted by atomic mass is 10.0. The van der Waals surface area contributed by atoms with Gasteiger partial charge in [0.2, 0.25) is 5.91 Å². The van der Waals surface area contributed by atoms with Crippen molar-refractivity contribution in [3.05, 3.63) is 11.6 Å². The maximum atomic E-state index is 10.9. The van der Waals surface area contributed by atoms with Crippen molar-refractivity contribution in [2.75, 3.05) is 0 Å². The maximum Gasteiger partial charge on any atom is 0.244 e. The largest absolute Gasteiger partial charge is 0.366 e. The molecular weight excluding hydrogens is 342 g/mol. The molecule has 0 rings (SSSR count). The van der Waals surface area contributed by atoms with Gasteiger partial charge in [0, 0.05) is 5.57 Å². The molecule has 0 saturated heterocycles. The van der Waals surface area contributed by atoms with Crippen molar-refractivity contribution in [3.8, 4) is 0 Å². The molecule has 0 saturated carbocycles. The van der Waals surface area contributed by atoms with Gasteiger partial charge in [-0.3, -0.25) is 4.79 Å². The van der Waals surface area contributed by atoms with Gasteiger partial charge in [-0.1, -0.05) is 135 Å². The molecule has 0 aromatic rings. The molecule has 0 bridgehead atoms. The second-order valence-electron chi connectivity index (χ2n) is 8.76. The van der Waals surface area contributed by atoms with E-state index in [1.54, 1.807) is 6.92 Å². The molecule has 0 radical (unpaired) electrons. The predicted octanol–water partition coefficient (Wildman–Crippen LogP) is 8.63. The third kappa shape index (κ3) is 21.5. The van der Waals surface area contributed by atoms with E-state index in [0.29, 0.717) is 5.57 Å². The third-order valence-corrected chi connectivity index (χ3v) is 5.90. The molecule has 2 N–H and O–H groups in total. The van der Waals surface area contributed by atoms with Crippen LogP contribution in [0.1, 0.15) is 149 Å². The molecule has 0 atom stereocenters. The van der Waals surface area contributed by atoms with Crippen molar-refractivity contribution in [1.29, 1.82) is 0 Å². The first-order chi connectivity index (χ1) is 13.7. The van der Waals surface area contributed by atoms with Gasteiger partial charge in [-0.2, -0.15) is 0 Å². The number of hydrogen-bond donors (Lipinski definition) is 1. The topological polar surface area (TPSA) is 43.1 Å². The summed E-state index contributed by atoms with van der Waals surface area (Å²) in [6, 6.07) is 0. The normalized spacial score (nSPS) is 11.9. The summed E-state index contributed by atoms with van der Waals surface area (Å²) in [5.41, 5.74) is 5.92. The molecule has 2 heteroatoms. The second-order valence-corrected chi connectivity index (χ2v) is 8.76. The maximum absolute atomic E-state index is 10.9. The van der Waals surface area contributed by atoms with Crippen LogP contribution >= 0.6 is 0 Å². The summed E-state index contributed by atoms with van der Waals surface area (Å²) in [5.74, 6) is -0.284. The molecule has 0 spiro atoms. The second kappa shape index (κ2) is 22.5. The van der Waals surface area contributed by atoms with Crippen molar-refractivity contribution in [1.82, 2.24) is 0 Å². The Labute approximate surface area is 177 Å². The minimum absolute atomic E-state index is 0.284. The van der Waals surface area contributed by atoms with Crippen LogP contribution in [0, 0.1) is 0 Å². The minimum atomic E-state index is -0.284. The highest BCUT2D eigenvalue weighted by Gasteiger charge is 1.97. The summed E-state index contributed by atoms with van der Waals surface area (Å²) >= 11 is 0. The van der Waals surface area contributed by atoms with Gasteiger partial charge < -0.3 is 5.73 Å². The van der Waals surface area contributed by atoms with Crippen LogP contribution in [-0.4, -0.2) is 5.91 Å². The molecular formula is C26H51NO. The van der Waals surface area contributed by atoms with Crippen LogP contribution < -0.4 is 5.73 Å². The van der Waals surface area contributed by atoms with Crippen molar-refractivity contribution in [3.63, 3.8) is 0 Å². The zero-order valence-corrected chi connectivity index (χ0v) is 19.4. The van der Waals surface area contributed by atoms with E-state index in [4.69, 9.17) is 5.73 Å². The van der Waals surface area contributed by atoms with E-state index >= 15 is 0 Å². The fourth-order valence-electron chi connectivity index (χ4n) is 3.82. The predicted molar refractivity (Wildman–Crippen MR) is 126 cm³/mol. The highest BCUT2D eigenvalue weighted by atomic mass is 16.1. The van der Waals surface area contributed by atoms with Gasteiger partial charge in [-0.25, -0.2) is 0 Å². The first kappa shape index (κ1) is 27.2. The lowest BCUT2D eigenvalue weighted by Crippen LogP contribution is -2.11. The molecule has 0 aliphatic heterocycles. The van der Waals surface area contributed by atoms with Gasteiger partial charge in [0.25, 0.3) is 0 Å². The number of carbonyl (C=O) groups is 1. The van der Waals surface area contributed by atoms with Crippen molar-refractivity contribution in [2.45, 2.75) is 149 Å². The van der Waals surface area contributed by atoms with Gasteiger partial charge in [-0.15, -0.1) is 0 Å². The Morgan fingerprint density at radius 1 is 0.571 bits per heavy atom. The number of unbranched alkanes of at least 4 members (excludes halogenated alkanes) is 20. The molecule has 0 heterocycles. The van der Waals surface area contributed by atoms with E-state index in [9.17, 15) is 4.79 Å². The van der Waals surface area contributed by atoms with Crippen LogP contribution in [0.25, 0.3) is 0 Å². The zero-order chi connectivity index (χ0) is 20.7. The first-order valence-electron chi connectivity index (χ1n) is 12.6. The summed E-state index contributed by atoms with van der Waals surface area (Å²) in [6.07, 6.45) is 31.2. The minimum Gasteiger partial charge on any atom is -0.366 e. The Kier molecular flexibility index (Phi) is 21.9. The highest BCUT2D eigenvalue weighted by Crippen LogP contribution is 2.15. The summed E-state index contributed by atoms with van der Waals surface area (Å²) in [6.45, 7) is 4.10. The molecule has 2 nitrogen and oxygen atoms in total. The monoisotopic (exact) mass is 393 g/mol. The summed E-state index contributed by atoms with van der Waals surface area (Å²) in [7, 11) is 0. The van der Waals surface area contributed by atoms with Gasteiger partial charge >= 0.3 is 0 Å². The fourth-order valence-corrected chi connectivity index (χ4v) is 3.82. The Morgan fingerprint density at radius 3 is 1.14 bits per heavy atom. The van der Waals surface area contributed by atoms with Crippen LogP contribution in [0.5, 0.6) is 0 Å². The van der Waals surface area contributed by atoms with E-state index in [1.165, 1.54) is 128 Å². The van der Waals surface area contributed by atoms with Crippen molar-refractivity contribution in [2.24, 2.45) is 5.73 Å². The third-order valence-electron chi connectivity index (χ3n) is 5.90. The molecule has 28 heavy (non-hydrogen) atoms. The number of rotatable bonds is 22. The van der Waals surface area contributed by atoms with E-state index < -0.39 is 0 Å². The van der Waals surface area contributed by atoms with E-state index in [2.05, 4.69) is 6.92 Å². The Morgan fingerprint density at radius 2 is 0.857 bits per heavy atom. The van der Waals surface area contributed by atoms with Crippen LogP contribution in [0.2, 0.25) is 0 Å². The van der Waals surface area contributed by atoms with Gasteiger partial charge in [0.1, 0.15) is 0 Å². The fraction of sp³-hybridized carbons (Fsp3) is 0.885. The van der Waals surface area contributed by atoms with E-state index in [-0.39, 0.29) is 5.91 Å². The number of hydrogen-bond acceptors (Lipinski definition) is 1. The number of nitrogens with two attached hydrogens (primary N) is 1. The highest BCUT2D eigenvalue weighted by molar-refractivity contribution is 5.91. The molecule has 0 fully saturated rings. The van der Waals surface area contributed by atoms with Gasteiger partial charge in [-0.05, 0) is 19.8 Å². The van der Waals surface area contributed by atoms with E-state index in [0.717, 1.165) is 6.42 Å². The molecule has 1 amide bonds. The van der Waals surface area contributed by atoms with Gasteiger partial charge in [0.05, 0.1) is 0 Å². The molecule has 0 aliphatic rings. The first-order valence-corrected chi connectivity index (χ1v) is 12.6. The zero-order valence-electron chi connectivity index (χ0n) is 19.4. The van der Waals surface area contributed by atoms with Crippen LogP contribution in [0.4, 0.5) is 0 Å². The number of allylic oxidation sites excluding steroid dienone is 1. The lowest BCUT2D eigenvalue weighted by molar-refractivity contribution is -0.114. The van der Waals surface area contributed by atoms with Crippen LogP contribution in [0.3, 0.4) is 0 Å². The average Bonchev–Trinajstić information content (AvgIpc) is 2.68.